The molecule has 1 saturated carbocycles. The topological polar surface area (TPSA) is 37.8 Å². The third kappa shape index (κ3) is 1.91. The van der Waals surface area contributed by atoms with Gasteiger partial charge < -0.3 is 5.32 Å². The van der Waals surface area contributed by atoms with Crippen LogP contribution in [0.3, 0.4) is 0 Å². The molecule has 3 nitrogen and oxygen atoms in total. The van der Waals surface area contributed by atoms with E-state index in [0.29, 0.717) is 6.04 Å². The third-order valence-corrected chi connectivity index (χ3v) is 3.82. The van der Waals surface area contributed by atoms with Crippen molar-refractivity contribution in [1.29, 1.82) is 0 Å². The van der Waals surface area contributed by atoms with Crippen LogP contribution in [0, 0.1) is 0 Å². The van der Waals surface area contributed by atoms with Gasteiger partial charge in [0.15, 0.2) is 0 Å². The normalized spacial score (nSPS) is 20.8. The number of aryl methyl sites for hydroxylation is 1. The second-order valence-corrected chi connectivity index (χ2v) is 4.98. The van der Waals surface area contributed by atoms with Crippen molar-refractivity contribution in [3.8, 4) is 0 Å². The van der Waals surface area contributed by atoms with Gasteiger partial charge in [-0.3, -0.25) is 0 Å². The van der Waals surface area contributed by atoms with Gasteiger partial charge in [0.05, 0.1) is 0 Å². The van der Waals surface area contributed by atoms with E-state index in [0.717, 1.165) is 18.7 Å². The highest BCUT2D eigenvalue weighted by molar-refractivity contribution is 5.47. The van der Waals surface area contributed by atoms with Crippen LogP contribution in [0.2, 0.25) is 0 Å². The first-order chi connectivity index (χ1) is 7.93. The van der Waals surface area contributed by atoms with E-state index in [1.807, 2.05) is 0 Å². The van der Waals surface area contributed by atoms with Crippen LogP contribution in [0.5, 0.6) is 0 Å². The smallest absolute Gasteiger partial charge is 0.133 e. The van der Waals surface area contributed by atoms with Crippen molar-refractivity contribution in [2.75, 3.05) is 5.32 Å². The molecular weight excluding hydrogens is 198 g/mol. The van der Waals surface area contributed by atoms with Gasteiger partial charge >= 0.3 is 0 Å². The summed E-state index contributed by atoms with van der Waals surface area (Å²) < 4.78 is 0. The van der Waals surface area contributed by atoms with Gasteiger partial charge in [-0.2, -0.15) is 0 Å². The molecule has 0 radical (unpaired) electrons. The lowest BCUT2D eigenvalue weighted by atomic mass is 9.96. The lowest BCUT2D eigenvalue weighted by molar-refractivity contribution is 0.658. The summed E-state index contributed by atoms with van der Waals surface area (Å²) >= 11 is 0. The van der Waals surface area contributed by atoms with E-state index in [-0.39, 0.29) is 0 Å². The van der Waals surface area contributed by atoms with E-state index in [9.17, 15) is 0 Å². The van der Waals surface area contributed by atoms with Crippen LogP contribution in [-0.4, -0.2) is 16.0 Å². The monoisotopic (exact) mass is 217 g/mol. The van der Waals surface area contributed by atoms with Crippen LogP contribution in [0.25, 0.3) is 0 Å². The summed E-state index contributed by atoms with van der Waals surface area (Å²) in [7, 11) is 0. The molecule has 1 aromatic heterocycles. The van der Waals surface area contributed by atoms with Crippen molar-refractivity contribution >= 4 is 5.82 Å². The first-order valence-electron chi connectivity index (χ1n) is 6.53. The minimum absolute atomic E-state index is 0.654. The predicted octanol–water partition coefficient (Wildman–Crippen LogP) is 2.71. The Kier molecular flexibility index (Phi) is 2.77. The Morgan fingerprint density at radius 1 is 1.00 bits per heavy atom. The van der Waals surface area contributed by atoms with E-state index in [1.54, 1.807) is 6.33 Å². The van der Waals surface area contributed by atoms with Crippen molar-refractivity contribution in [2.24, 2.45) is 0 Å². The maximum absolute atomic E-state index is 4.43. The van der Waals surface area contributed by atoms with Crippen LogP contribution < -0.4 is 5.32 Å². The number of nitrogens with one attached hydrogen (secondary N) is 1. The van der Waals surface area contributed by atoms with Crippen molar-refractivity contribution in [3.05, 3.63) is 17.6 Å². The van der Waals surface area contributed by atoms with Gasteiger partial charge in [0, 0.05) is 17.3 Å². The Morgan fingerprint density at radius 3 is 2.69 bits per heavy atom. The van der Waals surface area contributed by atoms with Crippen LogP contribution in [0.4, 0.5) is 5.82 Å². The molecule has 1 fully saturated rings. The van der Waals surface area contributed by atoms with E-state index >= 15 is 0 Å². The Bertz CT molecular complexity index is 369. The fourth-order valence-corrected chi connectivity index (χ4v) is 2.91. The number of hydrogen-bond donors (Lipinski definition) is 1. The first kappa shape index (κ1) is 10.1. The highest BCUT2D eigenvalue weighted by atomic mass is 15.0. The molecule has 0 atom stereocenters. The summed E-state index contributed by atoms with van der Waals surface area (Å²) in [5, 5.41) is 3.62. The van der Waals surface area contributed by atoms with Crippen molar-refractivity contribution < 1.29 is 0 Å². The second-order valence-electron chi connectivity index (χ2n) is 4.98. The average molecular weight is 217 g/mol. The molecule has 2 aliphatic carbocycles. The third-order valence-electron chi connectivity index (χ3n) is 3.82. The summed E-state index contributed by atoms with van der Waals surface area (Å²) in [4.78, 5) is 8.84. The predicted molar refractivity (Wildman–Crippen MR) is 64.6 cm³/mol. The quantitative estimate of drug-likeness (QED) is 0.827. The minimum Gasteiger partial charge on any atom is -0.367 e. The van der Waals surface area contributed by atoms with Gasteiger partial charge in [0.1, 0.15) is 12.1 Å². The molecule has 1 aromatic rings. The lowest BCUT2D eigenvalue weighted by Crippen LogP contribution is -2.19. The summed E-state index contributed by atoms with van der Waals surface area (Å²) in [6.45, 7) is 0. The molecule has 86 valence electrons. The highest BCUT2D eigenvalue weighted by Crippen LogP contribution is 2.27. The fraction of sp³-hybridized carbons (Fsp3) is 0.692. The molecule has 3 heteroatoms. The lowest BCUT2D eigenvalue weighted by Gasteiger charge is -2.20. The largest absolute Gasteiger partial charge is 0.367 e. The van der Waals surface area contributed by atoms with Crippen LogP contribution >= 0.6 is 0 Å². The fourth-order valence-electron chi connectivity index (χ4n) is 2.91. The molecule has 1 heterocycles. The van der Waals surface area contributed by atoms with Gasteiger partial charge in [0.2, 0.25) is 0 Å². The van der Waals surface area contributed by atoms with Gasteiger partial charge in [-0.1, -0.05) is 12.8 Å². The van der Waals surface area contributed by atoms with Gasteiger partial charge in [-0.15, -0.1) is 0 Å². The maximum Gasteiger partial charge on any atom is 0.133 e. The average Bonchev–Trinajstić information content (AvgIpc) is 2.82. The molecule has 0 amide bonds. The Morgan fingerprint density at radius 2 is 1.81 bits per heavy atom. The summed E-state index contributed by atoms with van der Waals surface area (Å²) in [5.74, 6) is 1.12. The van der Waals surface area contributed by atoms with Crippen LogP contribution in [0.1, 0.15) is 49.8 Å². The van der Waals surface area contributed by atoms with E-state index in [2.05, 4.69) is 15.3 Å². The molecule has 0 unspecified atom stereocenters. The number of aromatic nitrogens is 2. The SMILES string of the molecule is c1nc2c(c(NC3CCCC3)n1)CCCC2. The van der Waals surface area contributed by atoms with Crippen molar-refractivity contribution in [2.45, 2.75) is 57.4 Å². The molecule has 0 spiro atoms. The molecule has 16 heavy (non-hydrogen) atoms. The Balaban J connectivity index is 1.82. The van der Waals surface area contributed by atoms with Gasteiger partial charge in [-0.25, -0.2) is 9.97 Å². The molecule has 1 N–H and O–H groups in total. The van der Waals surface area contributed by atoms with Crippen LogP contribution in [-0.2, 0) is 12.8 Å². The minimum atomic E-state index is 0.654. The Hall–Kier alpha value is -1.12. The van der Waals surface area contributed by atoms with E-state index in [4.69, 9.17) is 0 Å². The van der Waals surface area contributed by atoms with Gasteiger partial charge in [-0.05, 0) is 38.5 Å². The molecule has 0 aromatic carbocycles. The van der Waals surface area contributed by atoms with Gasteiger partial charge in [0.25, 0.3) is 0 Å². The molecule has 0 bridgehead atoms. The number of rotatable bonds is 2. The van der Waals surface area contributed by atoms with Crippen molar-refractivity contribution in [1.82, 2.24) is 9.97 Å². The van der Waals surface area contributed by atoms with Crippen LogP contribution in [0.15, 0.2) is 6.33 Å². The number of nitrogens with zero attached hydrogens (tertiary/aromatic N) is 2. The molecule has 2 aliphatic rings. The van der Waals surface area contributed by atoms with E-state index in [1.165, 1.54) is 49.8 Å². The standard InChI is InChI=1S/C13H19N3/c1-2-6-10(5-1)16-13-11-7-3-4-8-12(11)14-9-15-13/h9-10H,1-8H2,(H,14,15,16). The zero-order chi connectivity index (χ0) is 10.8. The van der Waals surface area contributed by atoms with Crippen molar-refractivity contribution in [3.63, 3.8) is 0 Å². The highest BCUT2D eigenvalue weighted by Gasteiger charge is 2.19. The number of anilines is 1. The second kappa shape index (κ2) is 4.40. The summed E-state index contributed by atoms with van der Waals surface area (Å²) in [6.07, 6.45) is 11.9. The zero-order valence-corrected chi connectivity index (χ0v) is 9.71. The molecule has 0 saturated heterocycles. The number of fused-ring (bicyclic) bond motifs is 1. The molecule has 3 rings (SSSR count). The Labute approximate surface area is 96.7 Å². The number of hydrogen-bond acceptors (Lipinski definition) is 3. The van der Waals surface area contributed by atoms with E-state index < -0.39 is 0 Å². The molecular formula is C13H19N3. The maximum atomic E-state index is 4.43. The first-order valence-corrected chi connectivity index (χ1v) is 6.53. The molecule has 0 aliphatic heterocycles. The zero-order valence-electron chi connectivity index (χ0n) is 9.71. The summed E-state index contributed by atoms with van der Waals surface area (Å²) in [6, 6.07) is 0.654. The summed E-state index contributed by atoms with van der Waals surface area (Å²) in [5.41, 5.74) is 2.67.